The van der Waals surface area contributed by atoms with Gasteiger partial charge in [-0.25, -0.2) is 4.79 Å². The number of aromatic nitrogens is 1. The number of halogens is 1. The molecule has 0 aliphatic heterocycles. The van der Waals surface area contributed by atoms with E-state index in [1.165, 1.54) is 0 Å². The Kier molecular flexibility index (Phi) is 9.23. The number of unbranched alkanes of at least 4 members (excludes halogenated alkanes) is 1. The molecule has 6 heteroatoms. The third kappa shape index (κ3) is 6.66. The van der Waals surface area contributed by atoms with Crippen molar-refractivity contribution in [3.8, 4) is 11.1 Å². The number of hydrogen-bond donors (Lipinski definition) is 1. The largest absolute Gasteiger partial charge is 0.462 e. The highest BCUT2D eigenvalue weighted by Gasteiger charge is 2.16. The van der Waals surface area contributed by atoms with Crippen LogP contribution < -0.4 is 5.32 Å². The highest BCUT2D eigenvalue weighted by molar-refractivity contribution is 9.10. The third-order valence-electron chi connectivity index (χ3n) is 7.57. The van der Waals surface area contributed by atoms with Crippen LogP contribution in [0.4, 0.5) is 0 Å². The van der Waals surface area contributed by atoms with Crippen molar-refractivity contribution in [3.63, 3.8) is 0 Å². The molecule has 0 saturated heterocycles. The molecule has 1 amide bonds. The zero-order valence-electron chi connectivity index (χ0n) is 24.2. The van der Waals surface area contributed by atoms with Crippen LogP contribution in [-0.2, 0) is 11.3 Å². The van der Waals surface area contributed by atoms with Crippen molar-refractivity contribution >= 4 is 38.7 Å². The zero-order valence-corrected chi connectivity index (χ0v) is 25.8. The summed E-state index contributed by atoms with van der Waals surface area (Å²) in [4.78, 5) is 25.7. The van der Waals surface area contributed by atoms with Crippen molar-refractivity contribution in [2.75, 3.05) is 6.61 Å². The Hall–Kier alpha value is -4.16. The SMILES string of the molecule is CCCCOC(=O)c1ccccc1-c1ccc(Cn2c(C)cc3cc(C(=O)N[C@@H](C)c4ccc(Br)cc4)ccc32)cc1. The average molecular weight is 624 g/mol. The van der Waals surface area contributed by atoms with Gasteiger partial charge in [0.05, 0.1) is 18.2 Å². The minimum absolute atomic E-state index is 0.0946. The summed E-state index contributed by atoms with van der Waals surface area (Å²) in [7, 11) is 0. The van der Waals surface area contributed by atoms with Crippen molar-refractivity contribution in [3.05, 3.63) is 129 Å². The first-order valence-electron chi connectivity index (χ1n) is 14.4. The number of nitrogens with one attached hydrogen (secondary N) is 1. The van der Waals surface area contributed by atoms with Gasteiger partial charge in [-0.3, -0.25) is 4.79 Å². The molecule has 0 bridgehead atoms. The molecule has 1 heterocycles. The van der Waals surface area contributed by atoms with Gasteiger partial charge in [0.2, 0.25) is 0 Å². The topological polar surface area (TPSA) is 60.3 Å². The monoisotopic (exact) mass is 622 g/mol. The minimum atomic E-state index is -0.284. The first-order valence-corrected chi connectivity index (χ1v) is 15.1. The fourth-order valence-corrected chi connectivity index (χ4v) is 5.41. The van der Waals surface area contributed by atoms with E-state index < -0.39 is 0 Å². The lowest BCUT2D eigenvalue weighted by molar-refractivity contribution is 0.0500. The summed E-state index contributed by atoms with van der Waals surface area (Å²) in [6, 6.07) is 31.8. The number of hydrogen-bond acceptors (Lipinski definition) is 3. The van der Waals surface area contributed by atoms with Crippen LogP contribution in [-0.4, -0.2) is 23.1 Å². The summed E-state index contributed by atoms with van der Waals surface area (Å²) >= 11 is 3.46. The Morgan fingerprint density at radius 3 is 2.40 bits per heavy atom. The van der Waals surface area contributed by atoms with Crippen LogP contribution in [0.1, 0.15) is 70.3 Å². The van der Waals surface area contributed by atoms with Gasteiger partial charge in [0.1, 0.15) is 0 Å². The number of aryl methyl sites for hydroxylation is 1. The molecule has 5 rings (SSSR count). The van der Waals surface area contributed by atoms with Crippen LogP contribution in [0.3, 0.4) is 0 Å². The van der Waals surface area contributed by atoms with Crippen LogP contribution in [0.2, 0.25) is 0 Å². The second-order valence-electron chi connectivity index (χ2n) is 10.6. The first-order chi connectivity index (χ1) is 20.3. The van der Waals surface area contributed by atoms with E-state index in [9.17, 15) is 9.59 Å². The van der Waals surface area contributed by atoms with Gasteiger partial charge in [0.15, 0.2) is 0 Å². The smallest absolute Gasteiger partial charge is 0.338 e. The first kappa shape index (κ1) is 29.3. The van der Waals surface area contributed by atoms with Crippen LogP contribution in [0, 0.1) is 6.92 Å². The molecule has 0 spiro atoms. The minimum Gasteiger partial charge on any atom is -0.462 e. The number of benzene rings is 4. The summed E-state index contributed by atoms with van der Waals surface area (Å²) in [5.41, 5.74) is 7.46. The maximum atomic E-state index is 13.0. The van der Waals surface area contributed by atoms with Crippen molar-refractivity contribution in [2.45, 2.75) is 46.2 Å². The highest BCUT2D eigenvalue weighted by atomic mass is 79.9. The fourth-order valence-electron chi connectivity index (χ4n) is 5.15. The quantitative estimate of drug-likeness (QED) is 0.125. The summed E-state index contributed by atoms with van der Waals surface area (Å²) in [5.74, 6) is -0.378. The van der Waals surface area contributed by atoms with E-state index >= 15 is 0 Å². The van der Waals surface area contributed by atoms with Gasteiger partial charge in [-0.15, -0.1) is 0 Å². The van der Waals surface area contributed by atoms with Crippen molar-refractivity contribution < 1.29 is 14.3 Å². The maximum Gasteiger partial charge on any atom is 0.338 e. The van der Waals surface area contributed by atoms with Crippen LogP contribution in [0.15, 0.2) is 102 Å². The molecule has 0 radical (unpaired) electrons. The molecule has 4 aromatic carbocycles. The Bertz CT molecular complexity index is 1700. The molecule has 214 valence electrons. The second-order valence-corrected chi connectivity index (χ2v) is 11.5. The molecule has 5 nitrogen and oxygen atoms in total. The number of ether oxygens (including phenoxy) is 1. The predicted octanol–water partition coefficient (Wildman–Crippen LogP) is 8.88. The maximum absolute atomic E-state index is 13.0. The molecular weight excluding hydrogens is 588 g/mol. The Morgan fingerprint density at radius 1 is 0.929 bits per heavy atom. The van der Waals surface area contributed by atoms with E-state index in [1.807, 2.05) is 73.7 Å². The molecule has 0 unspecified atom stereocenters. The van der Waals surface area contributed by atoms with Crippen LogP contribution in [0.5, 0.6) is 0 Å². The molecule has 1 aromatic heterocycles. The van der Waals surface area contributed by atoms with E-state index in [1.54, 1.807) is 0 Å². The molecule has 0 fully saturated rings. The van der Waals surface area contributed by atoms with Crippen LogP contribution in [0.25, 0.3) is 22.0 Å². The number of carbonyl (C=O) groups excluding carboxylic acids is 2. The predicted molar refractivity (Wildman–Crippen MR) is 173 cm³/mol. The molecule has 0 aliphatic carbocycles. The van der Waals surface area contributed by atoms with Crippen molar-refractivity contribution in [2.24, 2.45) is 0 Å². The standard InChI is InChI=1S/C36H35BrN2O3/c1-4-5-20-42-36(41)33-9-7-6-8-32(33)28-12-10-26(11-13-28)23-39-24(2)21-30-22-29(16-19-34(30)39)35(40)38-25(3)27-14-17-31(37)18-15-27/h6-19,21-22,25H,4-5,20,23H2,1-3H3,(H,38,40)/t25-/m0/s1. The van der Waals surface area contributed by atoms with Gasteiger partial charge in [-0.05, 0) is 85.0 Å². The van der Waals surface area contributed by atoms with Crippen molar-refractivity contribution in [1.82, 2.24) is 9.88 Å². The van der Waals surface area contributed by atoms with Gasteiger partial charge in [-0.1, -0.05) is 83.9 Å². The van der Waals surface area contributed by atoms with Crippen molar-refractivity contribution in [1.29, 1.82) is 0 Å². The molecule has 1 atom stereocenters. The molecule has 0 saturated carbocycles. The molecule has 5 aromatic rings. The second kappa shape index (κ2) is 13.2. The number of esters is 1. The van der Waals surface area contributed by atoms with E-state index in [0.29, 0.717) is 24.3 Å². The lowest BCUT2D eigenvalue weighted by Gasteiger charge is -2.15. The fraction of sp³-hybridized carbons (Fsp3) is 0.222. The van der Waals surface area contributed by atoms with E-state index in [4.69, 9.17) is 4.74 Å². The third-order valence-corrected chi connectivity index (χ3v) is 8.10. The number of rotatable bonds is 10. The van der Waals surface area contributed by atoms with E-state index in [-0.39, 0.29) is 17.9 Å². The number of fused-ring (bicyclic) bond motifs is 1. The normalized spacial score (nSPS) is 11.8. The lowest BCUT2D eigenvalue weighted by atomic mass is 9.98. The van der Waals surface area contributed by atoms with Gasteiger partial charge >= 0.3 is 5.97 Å². The molecule has 42 heavy (non-hydrogen) atoms. The van der Waals surface area contributed by atoms with Gasteiger partial charge in [0.25, 0.3) is 5.91 Å². The number of carbonyl (C=O) groups is 2. The number of amides is 1. The van der Waals surface area contributed by atoms with Gasteiger partial charge in [-0.2, -0.15) is 0 Å². The average Bonchev–Trinajstić information content (AvgIpc) is 3.31. The summed E-state index contributed by atoms with van der Waals surface area (Å²) in [6.45, 7) is 7.28. The highest BCUT2D eigenvalue weighted by Crippen LogP contribution is 2.27. The number of nitrogens with zero attached hydrogens (tertiary/aromatic N) is 1. The molecule has 0 aliphatic rings. The Balaban J connectivity index is 1.31. The Labute approximate surface area is 255 Å². The summed E-state index contributed by atoms with van der Waals surface area (Å²) < 4.78 is 8.75. The molecular formula is C36H35BrN2O3. The lowest BCUT2D eigenvalue weighted by Crippen LogP contribution is -2.26. The molecule has 1 N–H and O–H groups in total. The zero-order chi connectivity index (χ0) is 29.6. The summed E-state index contributed by atoms with van der Waals surface area (Å²) in [6.07, 6.45) is 1.84. The van der Waals surface area contributed by atoms with E-state index in [2.05, 4.69) is 70.0 Å². The van der Waals surface area contributed by atoms with E-state index in [0.717, 1.165) is 56.2 Å². The van der Waals surface area contributed by atoms with Crippen LogP contribution >= 0.6 is 15.9 Å². The summed E-state index contributed by atoms with van der Waals surface area (Å²) in [5, 5.41) is 4.14. The van der Waals surface area contributed by atoms with Gasteiger partial charge < -0.3 is 14.6 Å². The van der Waals surface area contributed by atoms with Gasteiger partial charge in [0, 0.05) is 33.2 Å². The Morgan fingerprint density at radius 2 is 1.67 bits per heavy atom.